The summed E-state index contributed by atoms with van der Waals surface area (Å²) >= 11 is 0. The highest BCUT2D eigenvalue weighted by Gasteiger charge is 2.40. The summed E-state index contributed by atoms with van der Waals surface area (Å²) in [6.45, 7) is 4.68. The van der Waals surface area contributed by atoms with Gasteiger partial charge in [0.05, 0.1) is 5.92 Å². The number of anilines is 1. The van der Waals surface area contributed by atoms with E-state index in [4.69, 9.17) is 0 Å². The maximum atomic E-state index is 13.0. The van der Waals surface area contributed by atoms with Crippen LogP contribution in [0.15, 0.2) is 30.3 Å². The molecule has 0 bridgehead atoms. The molecule has 23 heavy (non-hydrogen) atoms. The molecule has 2 amide bonds. The minimum atomic E-state index is -0.203. The van der Waals surface area contributed by atoms with Gasteiger partial charge in [0, 0.05) is 30.7 Å². The van der Waals surface area contributed by atoms with Crippen molar-refractivity contribution in [1.82, 2.24) is 4.90 Å². The molecule has 1 atom stereocenters. The summed E-state index contributed by atoms with van der Waals surface area (Å²) in [5.74, 6) is 0.0223. The Morgan fingerprint density at radius 1 is 1.17 bits per heavy atom. The molecule has 124 valence electrons. The van der Waals surface area contributed by atoms with E-state index < -0.39 is 0 Å². The largest absolute Gasteiger partial charge is 0.337 e. The van der Waals surface area contributed by atoms with Crippen LogP contribution in [-0.2, 0) is 9.59 Å². The lowest BCUT2D eigenvalue weighted by molar-refractivity contribution is -0.140. The number of benzene rings is 1. The summed E-state index contributed by atoms with van der Waals surface area (Å²) in [6.07, 6.45) is 4.96. The molecule has 0 N–H and O–H groups in total. The van der Waals surface area contributed by atoms with Crippen LogP contribution in [0, 0.1) is 5.92 Å². The zero-order valence-corrected chi connectivity index (χ0v) is 14.1. The lowest BCUT2D eigenvalue weighted by atomic mass is 10.0. The molecule has 1 saturated heterocycles. The average Bonchev–Trinajstić information content (AvgIpc) is 3.18. The van der Waals surface area contributed by atoms with Gasteiger partial charge in [-0.25, -0.2) is 0 Å². The molecule has 0 aromatic heterocycles. The molecule has 2 aliphatic rings. The van der Waals surface area contributed by atoms with Crippen LogP contribution in [-0.4, -0.2) is 35.3 Å². The molecule has 1 aromatic rings. The van der Waals surface area contributed by atoms with Crippen LogP contribution in [0.3, 0.4) is 0 Å². The molecule has 1 unspecified atom stereocenters. The summed E-state index contributed by atoms with van der Waals surface area (Å²) in [6, 6.07) is 10.2. The summed E-state index contributed by atoms with van der Waals surface area (Å²) in [4.78, 5) is 29.2. The number of para-hydroxylation sites is 1. The summed E-state index contributed by atoms with van der Waals surface area (Å²) in [5.41, 5.74) is 0.893. The van der Waals surface area contributed by atoms with Gasteiger partial charge in [-0.05, 0) is 38.8 Å². The molecule has 1 saturated carbocycles. The predicted octanol–water partition coefficient (Wildman–Crippen LogP) is 3.22. The van der Waals surface area contributed by atoms with E-state index in [1.807, 2.05) is 30.3 Å². The van der Waals surface area contributed by atoms with Crippen molar-refractivity contribution in [2.45, 2.75) is 58.0 Å². The van der Waals surface area contributed by atoms with E-state index in [0.717, 1.165) is 18.5 Å². The number of hydrogen-bond acceptors (Lipinski definition) is 2. The highest BCUT2D eigenvalue weighted by Crippen LogP contribution is 2.30. The van der Waals surface area contributed by atoms with Crippen molar-refractivity contribution in [3.05, 3.63) is 30.3 Å². The van der Waals surface area contributed by atoms with E-state index in [0.29, 0.717) is 19.0 Å². The molecule has 1 aliphatic heterocycles. The molecule has 1 heterocycles. The lowest BCUT2D eigenvalue weighted by Crippen LogP contribution is -2.47. The van der Waals surface area contributed by atoms with Gasteiger partial charge in [-0.2, -0.15) is 0 Å². The molecule has 0 radical (unpaired) electrons. The highest BCUT2D eigenvalue weighted by atomic mass is 16.2. The van der Waals surface area contributed by atoms with Gasteiger partial charge in [-0.1, -0.05) is 31.0 Å². The van der Waals surface area contributed by atoms with Gasteiger partial charge in [-0.15, -0.1) is 0 Å². The third-order valence-electron chi connectivity index (χ3n) is 5.07. The van der Waals surface area contributed by atoms with Crippen LogP contribution in [0.2, 0.25) is 0 Å². The quantitative estimate of drug-likeness (QED) is 0.856. The Morgan fingerprint density at radius 2 is 1.83 bits per heavy atom. The molecule has 4 nitrogen and oxygen atoms in total. The Hall–Kier alpha value is -1.84. The van der Waals surface area contributed by atoms with Gasteiger partial charge < -0.3 is 9.80 Å². The van der Waals surface area contributed by atoms with Crippen molar-refractivity contribution in [1.29, 1.82) is 0 Å². The van der Waals surface area contributed by atoms with Gasteiger partial charge >= 0.3 is 0 Å². The van der Waals surface area contributed by atoms with Crippen molar-refractivity contribution < 1.29 is 9.59 Å². The fraction of sp³-hybridized carbons (Fsp3) is 0.579. The summed E-state index contributed by atoms with van der Waals surface area (Å²) in [7, 11) is 0. The Morgan fingerprint density at radius 3 is 2.43 bits per heavy atom. The SMILES string of the molecule is CC(C)N(C(=O)C1CC(=O)N(c2ccccc2)C1)C1CCCC1. The highest BCUT2D eigenvalue weighted by molar-refractivity contribution is 6.00. The van der Waals surface area contributed by atoms with Crippen molar-refractivity contribution in [2.75, 3.05) is 11.4 Å². The van der Waals surface area contributed by atoms with Crippen LogP contribution >= 0.6 is 0 Å². The molecular weight excluding hydrogens is 288 g/mol. The minimum Gasteiger partial charge on any atom is -0.337 e. The lowest BCUT2D eigenvalue weighted by Gasteiger charge is -2.34. The molecule has 1 aliphatic carbocycles. The van der Waals surface area contributed by atoms with E-state index in [2.05, 4.69) is 18.7 Å². The van der Waals surface area contributed by atoms with Crippen LogP contribution in [0.1, 0.15) is 46.0 Å². The second-order valence-electron chi connectivity index (χ2n) is 7.02. The maximum Gasteiger partial charge on any atom is 0.228 e. The molecule has 0 spiro atoms. The van der Waals surface area contributed by atoms with Gasteiger partial charge in [-0.3, -0.25) is 9.59 Å². The maximum absolute atomic E-state index is 13.0. The van der Waals surface area contributed by atoms with Gasteiger partial charge in [0.1, 0.15) is 0 Å². The van der Waals surface area contributed by atoms with Gasteiger partial charge in [0.25, 0.3) is 0 Å². The Labute approximate surface area is 138 Å². The van der Waals surface area contributed by atoms with Crippen molar-refractivity contribution in [3.8, 4) is 0 Å². The average molecular weight is 314 g/mol. The normalized spacial score (nSPS) is 22.1. The Bertz CT molecular complexity index is 564. The zero-order valence-electron chi connectivity index (χ0n) is 14.1. The Kier molecular flexibility index (Phi) is 4.69. The molecule has 4 heteroatoms. The van der Waals surface area contributed by atoms with Gasteiger partial charge in [0.2, 0.25) is 11.8 Å². The van der Waals surface area contributed by atoms with Gasteiger partial charge in [0.15, 0.2) is 0 Å². The fourth-order valence-corrected chi connectivity index (χ4v) is 3.98. The first-order chi connectivity index (χ1) is 11.1. The van der Waals surface area contributed by atoms with Crippen LogP contribution < -0.4 is 4.90 Å². The Balaban J connectivity index is 1.74. The molecular formula is C19H26N2O2. The smallest absolute Gasteiger partial charge is 0.228 e. The number of amides is 2. The standard InChI is InChI=1S/C19H26N2O2/c1-14(2)21(17-10-6-7-11-17)19(23)15-12-18(22)20(13-15)16-8-4-3-5-9-16/h3-5,8-9,14-15,17H,6-7,10-13H2,1-2H3. The van der Waals surface area contributed by atoms with E-state index in [9.17, 15) is 9.59 Å². The first-order valence-corrected chi connectivity index (χ1v) is 8.75. The fourth-order valence-electron chi connectivity index (χ4n) is 3.98. The third kappa shape index (κ3) is 3.26. The monoisotopic (exact) mass is 314 g/mol. The molecule has 3 rings (SSSR count). The van der Waals surface area contributed by atoms with Crippen molar-refractivity contribution in [2.24, 2.45) is 5.92 Å². The predicted molar refractivity (Wildman–Crippen MR) is 91.1 cm³/mol. The van der Waals surface area contributed by atoms with Crippen LogP contribution in [0.5, 0.6) is 0 Å². The van der Waals surface area contributed by atoms with E-state index in [-0.39, 0.29) is 23.8 Å². The topological polar surface area (TPSA) is 40.6 Å². The summed E-state index contributed by atoms with van der Waals surface area (Å²) in [5, 5.41) is 0. The number of carbonyl (C=O) groups is 2. The third-order valence-corrected chi connectivity index (χ3v) is 5.07. The second-order valence-corrected chi connectivity index (χ2v) is 7.02. The molecule has 2 fully saturated rings. The van der Waals surface area contributed by atoms with Crippen LogP contribution in [0.25, 0.3) is 0 Å². The minimum absolute atomic E-state index is 0.0599. The number of carbonyl (C=O) groups excluding carboxylic acids is 2. The van der Waals surface area contributed by atoms with Crippen molar-refractivity contribution in [3.63, 3.8) is 0 Å². The number of hydrogen-bond donors (Lipinski definition) is 0. The van der Waals surface area contributed by atoms with Crippen LogP contribution in [0.4, 0.5) is 5.69 Å². The van der Waals surface area contributed by atoms with E-state index in [1.165, 1.54) is 12.8 Å². The first kappa shape index (κ1) is 16.0. The summed E-state index contributed by atoms with van der Waals surface area (Å²) < 4.78 is 0. The van der Waals surface area contributed by atoms with E-state index >= 15 is 0 Å². The number of rotatable bonds is 4. The van der Waals surface area contributed by atoms with E-state index in [1.54, 1.807) is 4.90 Å². The zero-order chi connectivity index (χ0) is 16.4. The first-order valence-electron chi connectivity index (χ1n) is 8.75. The second kappa shape index (κ2) is 6.73. The molecule has 1 aromatic carbocycles. The van der Waals surface area contributed by atoms with Crippen molar-refractivity contribution >= 4 is 17.5 Å². The number of nitrogens with zero attached hydrogens (tertiary/aromatic N) is 2.